The highest BCUT2D eigenvalue weighted by atomic mass is 16.5. The normalized spacial score (nSPS) is 11.8. The van der Waals surface area contributed by atoms with Crippen LogP contribution >= 0.6 is 0 Å². The number of H-pyrrole nitrogens is 1. The maximum atomic E-state index is 12.7. The second kappa shape index (κ2) is 9.16. The molecule has 0 bridgehead atoms. The van der Waals surface area contributed by atoms with E-state index in [1.807, 2.05) is 56.3 Å². The smallest absolute Gasteiger partial charge is 0.338 e. The van der Waals surface area contributed by atoms with E-state index < -0.39 is 18.0 Å². The van der Waals surface area contributed by atoms with Gasteiger partial charge in [-0.25, -0.2) is 9.78 Å². The number of aromatic amines is 1. The summed E-state index contributed by atoms with van der Waals surface area (Å²) in [4.78, 5) is 32.9. The third kappa shape index (κ3) is 4.87. The SMILES string of the molecule is COc1ccc(-c2nc3ccc(C(=O)OC(C)C(=O)Nc4ccc(C)c(C)c4)cc3[nH]2)cc1. The zero-order valence-corrected chi connectivity index (χ0v) is 18.9. The van der Waals surface area contributed by atoms with Gasteiger partial charge in [0.05, 0.1) is 23.7 Å². The van der Waals surface area contributed by atoms with E-state index in [-0.39, 0.29) is 0 Å². The Bertz CT molecular complexity index is 1330. The molecule has 2 N–H and O–H groups in total. The van der Waals surface area contributed by atoms with Crippen molar-refractivity contribution >= 4 is 28.6 Å². The molecule has 7 nitrogen and oxygen atoms in total. The minimum absolute atomic E-state index is 0.332. The predicted molar refractivity (Wildman–Crippen MR) is 128 cm³/mol. The largest absolute Gasteiger partial charge is 0.497 e. The van der Waals surface area contributed by atoms with Crippen LogP contribution in [0.15, 0.2) is 60.7 Å². The van der Waals surface area contributed by atoms with Crippen LogP contribution in [-0.2, 0) is 9.53 Å². The van der Waals surface area contributed by atoms with Gasteiger partial charge < -0.3 is 19.8 Å². The summed E-state index contributed by atoms with van der Waals surface area (Å²) in [5, 5.41) is 2.78. The van der Waals surface area contributed by atoms with Gasteiger partial charge in [-0.05, 0) is 86.5 Å². The number of carbonyl (C=O) groups is 2. The molecule has 168 valence electrons. The molecule has 0 aliphatic heterocycles. The van der Waals surface area contributed by atoms with Gasteiger partial charge in [-0.2, -0.15) is 0 Å². The summed E-state index contributed by atoms with van der Waals surface area (Å²) in [6.07, 6.45) is -0.952. The highest BCUT2D eigenvalue weighted by Crippen LogP contribution is 2.24. The number of imidazole rings is 1. The number of ether oxygens (including phenoxy) is 2. The number of benzene rings is 3. The first kappa shape index (κ1) is 22.1. The average molecular weight is 444 g/mol. The van der Waals surface area contributed by atoms with Crippen LogP contribution in [0.25, 0.3) is 22.4 Å². The molecule has 0 aliphatic carbocycles. The summed E-state index contributed by atoms with van der Waals surface area (Å²) in [7, 11) is 1.62. The standard InChI is InChI=1S/C26H25N3O4/c1-15-5-9-20(13-16(15)2)27-25(30)17(3)33-26(31)19-8-12-22-23(14-19)29-24(28-22)18-6-10-21(32-4)11-7-18/h5-14,17H,1-4H3,(H,27,30)(H,28,29). The molecule has 0 saturated heterocycles. The van der Waals surface area contributed by atoms with Gasteiger partial charge in [-0.3, -0.25) is 4.79 Å². The quantitative estimate of drug-likeness (QED) is 0.407. The number of rotatable bonds is 6. The molecule has 0 radical (unpaired) electrons. The number of aromatic nitrogens is 2. The third-order valence-electron chi connectivity index (χ3n) is 5.51. The summed E-state index contributed by atoms with van der Waals surface area (Å²) >= 11 is 0. The van der Waals surface area contributed by atoms with Crippen molar-refractivity contribution in [1.82, 2.24) is 9.97 Å². The van der Waals surface area contributed by atoms with Crippen molar-refractivity contribution in [3.8, 4) is 17.1 Å². The lowest BCUT2D eigenvalue weighted by atomic mass is 10.1. The molecule has 7 heteroatoms. The Kier molecular flexibility index (Phi) is 6.13. The van der Waals surface area contributed by atoms with Crippen LogP contribution < -0.4 is 10.1 Å². The topological polar surface area (TPSA) is 93.3 Å². The van der Waals surface area contributed by atoms with Crippen molar-refractivity contribution in [1.29, 1.82) is 0 Å². The van der Waals surface area contributed by atoms with Crippen molar-refractivity contribution in [3.63, 3.8) is 0 Å². The summed E-state index contributed by atoms with van der Waals surface area (Å²) in [6, 6.07) is 18.2. The van der Waals surface area contributed by atoms with Gasteiger partial charge in [-0.15, -0.1) is 0 Å². The van der Waals surface area contributed by atoms with E-state index >= 15 is 0 Å². The van der Waals surface area contributed by atoms with Crippen LogP contribution in [-0.4, -0.2) is 35.1 Å². The number of aryl methyl sites for hydroxylation is 2. The second-order valence-electron chi connectivity index (χ2n) is 7.88. The summed E-state index contributed by atoms with van der Waals surface area (Å²) in [6.45, 7) is 5.52. The van der Waals surface area contributed by atoms with Gasteiger partial charge >= 0.3 is 5.97 Å². The highest BCUT2D eigenvalue weighted by Gasteiger charge is 2.20. The maximum Gasteiger partial charge on any atom is 0.338 e. The number of fused-ring (bicyclic) bond motifs is 1. The number of anilines is 1. The van der Waals surface area contributed by atoms with Crippen molar-refractivity contribution in [3.05, 3.63) is 77.4 Å². The molecule has 0 aliphatic rings. The molecule has 1 amide bonds. The predicted octanol–water partition coefficient (Wildman–Crippen LogP) is 5.04. The molecule has 0 spiro atoms. The van der Waals surface area contributed by atoms with E-state index in [0.29, 0.717) is 22.6 Å². The molecule has 1 unspecified atom stereocenters. The van der Waals surface area contributed by atoms with Gasteiger partial charge in [0.2, 0.25) is 0 Å². The molecule has 1 heterocycles. The van der Waals surface area contributed by atoms with Crippen LogP contribution in [0.1, 0.15) is 28.4 Å². The van der Waals surface area contributed by atoms with Crippen LogP contribution in [0, 0.1) is 13.8 Å². The molecular formula is C26H25N3O4. The van der Waals surface area contributed by atoms with E-state index in [0.717, 1.165) is 28.0 Å². The Hall–Kier alpha value is -4.13. The van der Waals surface area contributed by atoms with Crippen molar-refractivity contribution in [2.75, 3.05) is 12.4 Å². The minimum atomic E-state index is -0.952. The molecular weight excluding hydrogens is 418 g/mol. The van der Waals surface area contributed by atoms with Crippen molar-refractivity contribution in [2.45, 2.75) is 26.9 Å². The molecule has 1 aromatic heterocycles. The number of nitrogens with one attached hydrogen (secondary N) is 2. The van der Waals surface area contributed by atoms with Crippen LogP contribution in [0.5, 0.6) is 5.75 Å². The lowest BCUT2D eigenvalue weighted by Gasteiger charge is -2.14. The third-order valence-corrected chi connectivity index (χ3v) is 5.51. The van der Waals surface area contributed by atoms with Gasteiger partial charge in [0.15, 0.2) is 6.10 Å². The molecule has 3 aromatic carbocycles. The molecule has 4 rings (SSSR count). The van der Waals surface area contributed by atoms with E-state index in [9.17, 15) is 9.59 Å². The molecule has 4 aromatic rings. The molecule has 33 heavy (non-hydrogen) atoms. The number of nitrogens with zero attached hydrogens (tertiary/aromatic N) is 1. The Morgan fingerprint density at radius 3 is 2.42 bits per heavy atom. The highest BCUT2D eigenvalue weighted by molar-refractivity contribution is 5.98. The Morgan fingerprint density at radius 2 is 1.73 bits per heavy atom. The monoisotopic (exact) mass is 443 g/mol. The van der Waals surface area contributed by atoms with E-state index in [1.54, 1.807) is 32.2 Å². The first-order chi connectivity index (χ1) is 15.8. The van der Waals surface area contributed by atoms with Crippen LogP contribution in [0.3, 0.4) is 0 Å². The molecule has 0 fully saturated rings. The number of hydrogen-bond donors (Lipinski definition) is 2. The Balaban J connectivity index is 1.45. The van der Waals surface area contributed by atoms with E-state index in [1.165, 1.54) is 0 Å². The Labute approximate surface area is 191 Å². The van der Waals surface area contributed by atoms with E-state index in [4.69, 9.17) is 9.47 Å². The number of hydrogen-bond acceptors (Lipinski definition) is 5. The zero-order chi connectivity index (χ0) is 23.5. The molecule has 0 saturated carbocycles. The summed E-state index contributed by atoms with van der Waals surface area (Å²) in [5.41, 5.74) is 5.51. The fourth-order valence-electron chi connectivity index (χ4n) is 3.37. The van der Waals surface area contributed by atoms with Crippen LogP contribution in [0.2, 0.25) is 0 Å². The minimum Gasteiger partial charge on any atom is -0.497 e. The fraction of sp³-hybridized carbons (Fsp3) is 0.192. The average Bonchev–Trinajstić information content (AvgIpc) is 3.25. The number of methoxy groups -OCH3 is 1. The van der Waals surface area contributed by atoms with Crippen LogP contribution in [0.4, 0.5) is 5.69 Å². The van der Waals surface area contributed by atoms with E-state index in [2.05, 4.69) is 15.3 Å². The maximum absolute atomic E-state index is 12.7. The first-order valence-electron chi connectivity index (χ1n) is 10.6. The number of amides is 1. The van der Waals surface area contributed by atoms with Gasteiger partial charge in [0.1, 0.15) is 11.6 Å². The van der Waals surface area contributed by atoms with Crippen molar-refractivity contribution in [2.24, 2.45) is 0 Å². The second-order valence-corrected chi connectivity index (χ2v) is 7.88. The van der Waals surface area contributed by atoms with Gasteiger partial charge in [0.25, 0.3) is 5.91 Å². The lowest BCUT2D eigenvalue weighted by Crippen LogP contribution is -2.30. The van der Waals surface area contributed by atoms with Crippen molar-refractivity contribution < 1.29 is 19.1 Å². The Morgan fingerprint density at radius 1 is 0.970 bits per heavy atom. The van der Waals surface area contributed by atoms with Gasteiger partial charge in [-0.1, -0.05) is 6.07 Å². The molecule has 1 atom stereocenters. The first-order valence-corrected chi connectivity index (χ1v) is 10.6. The fourth-order valence-corrected chi connectivity index (χ4v) is 3.37. The zero-order valence-electron chi connectivity index (χ0n) is 18.9. The number of esters is 1. The number of carbonyl (C=O) groups excluding carboxylic acids is 2. The summed E-state index contributed by atoms with van der Waals surface area (Å²) < 4.78 is 10.6. The lowest BCUT2D eigenvalue weighted by molar-refractivity contribution is -0.123. The summed E-state index contributed by atoms with van der Waals surface area (Å²) in [5.74, 6) is 0.464. The van der Waals surface area contributed by atoms with Gasteiger partial charge in [0, 0.05) is 11.3 Å².